The molecule has 0 N–H and O–H groups in total. The van der Waals surface area contributed by atoms with Crippen LogP contribution in [0.3, 0.4) is 0 Å². The van der Waals surface area contributed by atoms with E-state index in [1.54, 1.807) is 12.3 Å². The SMILES string of the molecule is N#Cc1ccccc1Cn1cncc(-c2ccccc2)c1=O. The van der Waals surface area contributed by atoms with Crippen LogP contribution < -0.4 is 5.56 Å². The number of nitriles is 1. The quantitative estimate of drug-likeness (QED) is 0.744. The maximum Gasteiger partial charge on any atom is 0.261 e. The van der Waals surface area contributed by atoms with Crippen LogP contribution in [-0.4, -0.2) is 9.55 Å². The fourth-order valence-electron chi connectivity index (χ4n) is 2.33. The molecule has 0 bridgehead atoms. The molecular formula is C18H13N3O. The normalized spacial score (nSPS) is 10.1. The first-order chi connectivity index (χ1) is 10.8. The number of hydrogen-bond donors (Lipinski definition) is 0. The Bertz CT molecular complexity index is 892. The van der Waals surface area contributed by atoms with E-state index in [2.05, 4.69) is 11.1 Å². The van der Waals surface area contributed by atoms with Gasteiger partial charge in [-0.2, -0.15) is 5.26 Å². The smallest absolute Gasteiger partial charge is 0.261 e. The zero-order valence-corrected chi connectivity index (χ0v) is 11.8. The van der Waals surface area contributed by atoms with Crippen molar-refractivity contribution >= 4 is 0 Å². The van der Waals surface area contributed by atoms with Gasteiger partial charge in [-0.1, -0.05) is 48.5 Å². The molecule has 106 valence electrons. The third kappa shape index (κ3) is 2.65. The van der Waals surface area contributed by atoms with E-state index < -0.39 is 0 Å². The van der Waals surface area contributed by atoms with E-state index in [0.717, 1.165) is 11.1 Å². The van der Waals surface area contributed by atoms with Crippen molar-refractivity contribution in [3.63, 3.8) is 0 Å². The fraction of sp³-hybridized carbons (Fsp3) is 0.0556. The number of benzene rings is 2. The maximum absolute atomic E-state index is 12.6. The molecule has 0 radical (unpaired) electrons. The predicted octanol–water partition coefficient (Wildman–Crippen LogP) is 2.83. The third-order valence-corrected chi connectivity index (χ3v) is 3.46. The molecular weight excluding hydrogens is 274 g/mol. The average Bonchev–Trinajstić information content (AvgIpc) is 2.58. The molecule has 0 aliphatic heterocycles. The molecule has 0 saturated carbocycles. The summed E-state index contributed by atoms with van der Waals surface area (Å²) in [5, 5.41) is 9.15. The van der Waals surface area contributed by atoms with Gasteiger partial charge in [-0.15, -0.1) is 0 Å². The van der Waals surface area contributed by atoms with E-state index >= 15 is 0 Å². The van der Waals surface area contributed by atoms with Crippen LogP contribution in [0.2, 0.25) is 0 Å². The Morgan fingerprint density at radius 1 is 1.05 bits per heavy atom. The lowest BCUT2D eigenvalue weighted by Gasteiger charge is -2.09. The van der Waals surface area contributed by atoms with Gasteiger partial charge >= 0.3 is 0 Å². The molecule has 0 spiro atoms. The van der Waals surface area contributed by atoms with Gasteiger partial charge in [0.1, 0.15) is 0 Å². The highest BCUT2D eigenvalue weighted by Gasteiger charge is 2.08. The summed E-state index contributed by atoms with van der Waals surface area (Å²) in [5.74, 6) is 0. The molecule has 0 fully saturated rings. The van der Waals surface area contributed by atoms with E-state index in [4.69, 9.17) is 5.26 Å². The van der Waals surface area contributed by atoms with Crippen LogP contribution in [0.1, 0.15) is 11.1 Å². The first kappa shape index (κ1) is 13.8. The van der Waals surface area contributed by atoms with Crippen LogP contribution >= 0.6 is 0 Å². The minimum absolute atomic E-state index is 0.117. The van der Waals surface area contributed by atoms with Gasteiger partial charge in [-0.3, -0.25) is 9.36 Å². The van der Waals surface area contributed by atoms with Crippen LogP contribution in [-0.2, 0) is 6.54 Å². The second-order valence-electron chi connectivity index (χ2n) is 4.88. The van der Waals surface area contributed by atoms with Crippen molar-refractivity contribution < 1.29 is 0 Å². The highest BCUT2D eigenvalue weighted by molar-refractivity contribution is 5.61. The molecule has 4 heteroatoms. The van der Waals surface area contributed by atoms with Gasteiger partial charge in [-0.05, 0) is 17.2 Å². The lowest BCUT2D eigenvalue weighted by Crippen LogP contribution is -2.22. The van der Waals surface area contributed by atoms with Crippen molar-refractivity contribution in [2.75, 3.05) is 0 Å². The van der Waals surface area contributed by atoms with E-state index in [1.807, 2.05) is 48.5 Å². The molecule has 2 aromatic carbocycles. The molecule has 0 saturated heterocycles. The Labute approximate surface area is 127 Å². The second-order valence-corrected chi connectivity index (χ2v) is 4.88. The van der Waals surface area contributed by atoms with E-state index in [-0.39, 0.29) is 5.56 Å². The van der Waals surface area contributed by atoms with Gasteiger partial charge in [0.15, 0.2) is 0 Å². The summed E-state index contributed by atoms with van der Waals surface area (Å²) in [6.45, 7) is 0.330. The van der Waals surface area contributed by atoms with E-state index in [1.165, 1.54) is 10.9 Å². The molecule has 3 aromatic rings. The topological polar surface area (TPSA) is 58.7 Å². The zero-order valence-electron chi connectivity index (χ0n) is 11.8. The highest BCUT2D eigenvalue weighted by Crippen LogP contribution is 2.14. The van der Waals surface area contributed by atoms with Crippen LogP contribution in [0.15, 0.2) is 71.9 Å². The predicted molar refractivity (Wildman–Crippen MR) is 84.2 cm³/mol. The van der Waals surface area contributed by atoms with E-state index in [9.17, 15) is 4.79 Å². The van der Waals surface area contributed by atoms with Gasteiger partial charge in [0, 0.05) is 6.20 Å². The van der Waals surface area contributed by atoms with Crippen molar-refractivity contribution in [3.8, 4) is 17.2 Å². The highest BCUT2D eigenvalue weighted by atomic mass is 16.1. The summed E-state index contributed by atoms with van der Waals surface area (Å²) in [4.78, 5) is 16.8. The molecule has 0 aliphatic rings. The summed E-state index contributed by atoms with van der Waals surface area (Å²) in [6, 6.07) is 18.8. The van der Waals surface area contributed by atoms with Gasteiger partial charge in [0.25, 0.3) is 5.56 Å². The summed E-state index contributed by atoms with van der Waals surface area (Å²) in [5.41, 5.74) is 2.65. The summed E-state index contributed by atoms with van der Waals surface area (Å²) in [7, 11) is 0. The number of nitrogens with zero attached hydrogens (tertiary/aromatic N) is 3. The fourth-order valence-corrected chi connectivity index (χ4v) is 2.33. The first-order valence-electron chi connectivity index (χ1n) is 6.87. The lowest BCUT2D eigenvalue weighted by atomic mass is 10.1. The largest absolute Gasteiger partial charge is 0.294 e. The molecule has 4 nitrogen and oxygen atoms in total. The van der Waals surface area contributed by atoms with Crippen molar-refractivity contribution in [3.05, 3.63) is 88.6 Å². The standard InChI is InChI=1S/C18H13N3O/c19-10-15-8-4-5-9-16(15)12-21-13-20-11-17(18(21)22)14-6-2-1-3-7-14/h1-9,11,13H,12H2. The van der Waals surface area contributed by atoms with Crippen molar-refractivity contribution in [1.29, 1.82) is 5.26 Å². The van der Waals surface area contributed by atoms with Crippen molar-refractivity contribution in [2.24, 2.45) is 0 Å². The second kappa shape index (κ2) is 6.06. The van der Waals surface area contributed by atoms with Crippen LogP contribution in [0.25, 0.3) is 11.1 Å². The summed E-state index contributed by atoms with van der Waals surface area (Å²) in [6.07, 6.45) is 3.08. The lowest BCUT2D eigenvalue weighted by molar-refractivity contribution is 0.737. The van der Waals surface area contributed by atoms with Crippen LogP contribution in [0.5, 0.6) is 0 Å². The van der Waals surface area contributed by atoms with Crippen molar-refractivity contribution in [1.82, 2.24) is 9.55 Å². The monoisotopic (exact) mass is 287 g/mol. The number of hydrogen-bond acceptors (Lipinski definition) is 3. The van der Waals surface area contributed by atoms with Crippen LogP contribution in [0, 0.1) is 11.3 Å². The Morgan fingerprint density at radius 2 is 1.77 bits per heavy atom. The first-order valence-corrected chi connectivity index (χ1v) is 6.87. The zero-order chi connectivity index (χ0) is 15.4. The molecule has 3 rings (SSSR count). The van der Waals surface area contributed by atoms with Gasteiger partial charge in [0.2, 0.25) is 0 Å². The number of aromatic nitrogens is 2. The number of rotatable bonds is 3. The van der Waals surface area contributed by atoms with Crippen LogP contribution in [0.4, 0.5) is 0 Å². The Hall–Kier alpha value is -3.19. The van der Waals surface area contributed by atoms with E-state index in [0.29, 0.717) is 17.7 Å². The minimum Gasteiger partial charge on any atom is -0.294 e. The van der Waals surface area contributed by atoms with Gasteiger partial charge in [-0.25, -0.2) is 4.98 Å². The molecule has 0 unspecified atom stereocenters. The Balaban J connectivity index is 2.03. The molecule has 1 aromatic heterocycles. The van der Waals surface area contributed by atoms with Gasteiger partial charge in [0.05, 0.1) is 30.1 Å². The molecule has 0 atom stereocenters. The minimum atomic E-state index is -0.117. The Morgan fingerprint density at radius 3 is 2.55 bits per heavy atom. The van der Waals surface area contributed by atoms with Crippen molar-refractivity contribution in [2.45, 2.75) is 6.54 Å². The molecule has 0 aliphatic carbocycles. The molecule has 22 heavy (non-hydrogen) atoms. The Kier molecular flexibility index (Phi) is 3.80. The third-order valence-electron chi connectivity index (χ3n) is 3.46. The maximum atomic E-state index is 12.6. The molecule has 1 heterocycles. The average molecular weight is 287 g/mol. The molecule has 0 amide bonds. The summed E-state index contributed by atoms with van der Waals surface area (Å²) >= 11 is 0. The summed E-state index contributed by atoms with van der Waals surface area (Å²) < 4.78 is 1.53. The van der Waals surface area contributed by atoms with Gasteiger partial charge < -0.3 is 0 Å².